The summed E-state index contributed by atoms with van der Waals surface area (Å²) in [6, 6.07) is 19.2. The summed E-state index contributed by atoms with van der Waals surface area (Å²) in [7, 11) is 1.56. The van der Waals surface area contributed by atoms with E-state index < -0.39 is 17.7 Å². The van der Waals surface area contributed by atoms with Crippen LogP contribution in [0.15, 0.2) is 72.3 Å². The van der Waals surface area contributed by atoms with Gasteiger partial charge in [-0.2, -0.15) is 0 Å². The standard InChI is InChI=1S/C28H25NO5/c1-17-7-3-4-11-22(17)29-25(19-8-5-10-21(16-19)33-2)24(27(31)28(29)32)26(30)20-12-13-23-18(15-20)9-6-14-34-23/h3-5,7-8,10-13,15-16,25,30H,6,9,14H2,1-2H3/b26-24-. The summed E-state index contributed by atoms with van der Waals surface area (Å²) in [6.45, 7) is 2.55. The first-order valence-corrected chi connectivity index (χ1v) is 11.3. The van der Waals surface area contributed by atoms with Crippen molar-refractivity contribution in [1.82, 2.24) is 0 Å². The molecule has 5 rings (SSSR count). The number of para-hydroxylation sites is 1. The van der Waals surface area contributed by atoms with Gasteiger partial charge in [0.05, 0.1) is 25.3 Å². The molecule has 0 aliphatic carbocycles. The molecule has 1 fully saturated rings. The molecular formula is C28H25NO5. The van der Waals surface area contributed by atoms with Crippen molar-refractivity contribution in [3.63, 3.8) is 0 Å². The number of rotatable bonds is 4. The average Bonchev–Trinajstić information content (AvgIpc) is 3.13. The van der Waals surface area contributed by atoms with Crippen LogP contribution in [0.25, 0.3) is 5.76 Å². The van der Waals surface area contributed by atoms with Crippen LogP contribution in [-0.4, -0.2) is 30.5 Å². The Hall–Kier alpha value is -4.06. The molecule has 0 bridgehead atoms. The third-order valence-corrected chi connectivity index (χ3v) is 6.41. The summed E-state index contributed by atoms with van der Waals surface area (Å²) in [5.74, 6) is -0.213. The maximum absolute atomic E-state index is 13.4. The molecule has 2 aliphatic heterocycles. The van der Waals surface area contributed by atoms with E-state index in [4.69, 9.17) is 9.47 Å². The number of fused-ring (bicyclic) bond motifs is 1. The minimum atomic E-state index is -0.802. The van der Waals surface area contributed by atoms with Crippen LogP contribution in [0.5, 0.6) is 11.5 Å². The largest absolute Gasteiger partial charge is 0.507 e. The van der Waals surface area contributed by atoms with E-state index in [0.717, 1.165) is 29.7 Å². The molecule has 3 aromatic rings. The van der Waals surface area contributed by atoms with Gasteiger partial charge in [0.1, 0.15) is 17.3 Å². The molecule has 172 valence electrons. The van der Waals surface area contributed by atoms with Crippen molar-refractivity contribution in [3.05, 3.63) is 94.6 Å². The predicted molar refractivity (Wildman–Crippen MR) is 129 cm³/mol. The Morgan fingerprint density at radius 1 is 1.06 bits per heavy atom. The number of aryl methyl sites for hydroxylation is 2. The summed E-state index contributed by atoms with van der Waals surface area (Å²) >= 11 is 0. The monoisotopic (exact) mass is 455 g/mol. The first-order chi connectivity index (χ1) is 16.5. The van der Waals surface area contributed by atoms with Crippen molar-refractivity contribution in [3.8, 4) is 11.5 Å². The number of hydrogen-bond donors (Lipinski definition) is 1. The van der Waals surface area contributed by atoms with E-state index in [1.165, 1.54) is 4.90 Å². The fourth-order valence-electron chi connectivity index (χ4n) is 4.70. The summed E-state index contributed by atoms with van der Waals surface area (Å²) in [5, 5.41) is 11.4. The lowest BCUT2D eigenvalue weighted by Gasteiger charge is -2.27. The normalized spacial score (nSPS) is 19.0. The Bertz CT molecular complexity index is 1330. The smallest absolute Gasteiger partial charge is 0.300 e. The highest BCUT2D eigenvalue weighted by molar-refractivity contribution is 6.51. The van der Waals surface area contributed by atoms with E-state index in [1.807, 2.05) is 55.5 Å². The number of Topliss-reactive ketones (excluding diaryl/α,β-unsaturated/α-hetero) is 1. The lowest BCUT2D eigenvalue weighted by molar-refractivity contribution is -0.132. The van der Waals surface area contributed by atoms with Crippen LogP contribution >= 0.6 is 0 Å². The number of carbonyl (C=O) groups excluding carboxylic acids is 2. The molecule has 0 radical (unpaired) electrons. The molecule has 0 spiro atoms. The number of aliphatic hydroxyl groups excluding tert-OH is 1. The Labute approximate surface area is 198 Å². The third kappa shape index (κ3) is 3.61. The van der Waals surface area contributed by atoms with Crippen LogP contribution < -0.4 is 14.4 Å². The number of ether oxygens (including phenoxy) is 2. The molecule has 0 aromatic heterocycles. The predicted octanol–water partition coefficient (Wildman–Crippen LogP) is 4.95. The van der Waals surface area contributed by atoms with Gasteiger partial charge in [-0.1, -0.05) is 30.3 Å². The first-order valence-electron chi connectivity index (χ1n) is 11.3. The van der Waals surface area contributed by atoms with Crippen molar-refractivity contribution in [2.45, 2.75) is 25.8 Å². The molecular weight excluding hydrogens is 430 g/mol. The van der Waals surface area contributed by atoms with Crippen LogP contribution in [0, 0.1) is 6.92 Å². The molecule has 0 saturated carbocycles. The van der Waals surface area contributed by atoms with E-state index in [1.54, 1.807) is 25.3 Å². The molecule has 2 aliphatic rings. The number of anilines is 1. The number of benzene rings is 3. The minimum Gasteiger partial charge on any atom is -0.507 e. The maximum atomic E-state index is 13.4. The van der Waals surface area contributed by atoms with Gasteiger partial charge in [-0.25, -0.2) is 0 Å². The van der Waals surface area contributed by atoms with E-state index in [0.29, 0.717) is 29.2 Å². The summed E-state index contributed by atoms with van der Waals surface area (Å²) in [5.41, 5.74) is 3.66. The number of ketones is 1. The molecule has 34 heavy (non-hydrogen) atoms. The van der Waals surface area contributed by atoms with E-state index in [9.17, 15) is 14.7 Å². The Kier molecular flexibility index (Phi) is 5.57. The number of hydrogen-bond acceptors (Lipinski definition) is 5. The van der Waals surface area contributed by atoms with Crippen molar-refractivity contribution < 1.29 is 24.2 Å². The molecule has 6 heteroatoms. The van der Waals surface area contributed by atoms with Gasteiger partial charge >= 0.3 is 0 Å². The van der Waals surface area contributed by atoms with Crippen LogP contribution in [-0.2, 0) is 16.0 Å². The van der Waals surface area contributed by atoms with Crippen molar-refractivity contribution in [2.75, 3.05) is 18.6 Å². The van der Waals surface area contributed by atoms with Crippen molar-refractivity contribution in [1.29, 1.82) is 0 Å². The van der Waals surface area contributed by atoms with Gasteiger partial charge in [0.25, 0.3) is 11.7 Å². The molecule has 1 amide bonds. The first kappa shape index (κ1) is 21.8. The topological polar surface area (TPSA) is 76.1 Å². The van der Waals surface area contributed by atoms with Crippen LogP contribution in [0.1, 0.15) is 34.7 Å². The molecule has 1 unspecified atom stereocenters. The van der Waals surface area contributed by atoms with Crippen molar-refractivity contribution >= 4 is 23.1 Å². The molecule has 3 aromatic carbocycles. The SMILES string of the molecule is COc1cccc(C2/C(=C(/O)c3ccc4c(c3)CCCO4)C(=O)C(=O)N2c2ccccc2C)c1. The third-order valence-electron chi connectivity index (χ3n) is 6.41. The summed E-state index contributed by atoms with van der Waals surface area (Å²) < 4.78 is 11.1. The Morgan fingerprint density at radius 3 is 2.68 bits per heavy atom. The van der Waals surface area contributed by atoms with E-state index in [2.05, 4.69) is 0 Å². The van der Waals surface area contributed by atoms with E-state index >= 15 is 0 Å². The number of nitrogens with zero attached hydrogens (tertiary/aromatic N) is 1. The van der Waals surface area contributed by atoms with Gasteiger partial charge < -0.3 is 14.6 Å². The molecule has 2 heterocycles. The Morgan fingerprint density at radius 2 is 1.88 bits per heavy atom. The Balaban J connectivity index is 1.72. The highest BCUT2D eigenvalue weighted by atomic mass is 16.5. The lowest BCUT2D eigenvalue weighted by Crippen LogP contribution is -2.30. The fourth-order valence-corrected chi connectivity index (χ4v) is 4.70. The quantitative estimate of drug-likeness (QED) is 0.342. The highest BCUT2D eigenvalue weighted by Gasteiger charge is 2.47. The molecule has 6 nitrogen and oxygen atoms in total. The second-order valence-corrected chi connectivity index (χ2v) is 8.51. The number of carbonyl (C=O) groups is 2. The summed E-state index contributed by atoms with van der Waals surface area (Å²) in [6.07, 6.45) is 1.71. The van der Waals surface area contributed by atoms with Crippen LogP contribution in [0.4, 0.5) is 5.69 Å². The zero-order valence-corrected chi connectivity index (χ0v) is 19.1. The molecule has 1 saturated heterocycles. The van der Waals surface area contributed by atoms with Crippen LogP contribution in [0.2, 0.25) is 0 Å². The van der Waals surface area contributed by atoms with Gasteiger partial charge in [-0.15, -0.1) is 0 Å². The fraction of sp³-hybridized carbons (Fsp3) is 0.214. The van der Waals surface area contributed by atoms with Gasteiger partial charge in [-0.05, 0) is 72.9 Å². The number of methoxy groups -OCH3 is 1. The second kappa shape index (κ2) is 8.71. The van der Waals surface area contributed by atoms with Gasteiger partial charge in [0.15, 0.2) is 0 Å². The number of aliphatic hydroxyl groups is 1. The maximum Gasteiger partial charge on any atom is 0.300 e. The molecule has 1 N–H and O–H groups in total. The zero-order valence-electron chi connectivity index (χ0n) is 19.1. The minimum absolute atomic E-state index is 0.0539. The van der Waals surface area contributed by atoms with Crippen LogP contribution in [0.3, 0.4) is 0 Å². The van der Waals surface area contributed by atoms with Gasteiger partial charge in [0, 0.05) is 11.3 Å². The second-order valence-electron chi connectivity index (χ2n) is 8.51. The molecule has 1 atom stereocenters. The van der Waals surface area contributed by atoms with E-state index in [-0.39, 0.29) is 11.3 Å². The van der Waals surface area contributed by atoms with Gasteiger partial charge in [0.2, 0.25) is 0 Å². The lowest BCUT2D eigenvalue weighted by atomic mass is 9.93. The number of amides is 1. The highest BCUT2D eigenvalue weighted by Crippen LogP contribution is 2.44. The average molecular weight is 456 g/mol. The van der Waals surface area contributed by atoms with Gasteiger partial charge in [-0.3, -0.25) is 14.5 Å². The van der Waals surface area contributed by atoms with Crippen molar-refractivity contribution in [2.24, 2.45) is 0 Å². The zero-order chi connectivity index (χ0) is 23.8. The summed E-state index contributed by atoms with van der Waals surface area (Å²) in [4.78, 5) is 28.2.